The van der Waals surface area contributed by atoms with E-state index in [9.17, 15) is 28.5 Å². The van der Waals surface area contributed by atoms with E-state index in [4.69, 9.17) is 0 Å². The third-order valence-electron chi connectivity index (χ3n) is 3.23. The molecule has 0 radical (unpaired) electrons. The van der Waals surface area contributed by atoms with Crippen LogP contribution in [0.25, 0.3) is 0 Å². The maximum absolute atomic E-state index is 13.8. The van der Waals surface area contributed by atoms with E-state index < -0.39 is 39.8 Å². The van der Waals surface area contributed by atoms with Gasteiger partial charge < -0.3 is 10.2 Å². The van der Waals surface area contributed by atoms with Crippen molar-refractivity contribution in [2.45, 2.75) is 12.5 Å². The number of nitro groups is 1. The maximum atomic E-state index is 13.8. The number of benzene rings is 1. The molecule has 0 saturated carbocycles. The number of carbonyl (C=O) groups excluding carboxylic acids is 2. The molecule has 1 aromatic rings. The van der Waals surface area contributed by atoms with Crippen LogP contribution in [-0.4, -0.2) is 41.3 Å². The lowest BCUT2D eigenvalue weighted by molar-refractivity contribution is -0.387. The summed E-state index contributed by atoms with van der Waals surface area (Å²) in [6, 6.07) is 0.384. The van der Waals surface area contributed by atoms with E-state index in [1.165, 1.54) is 11.9 Å². The standard InChI is InChI=1S/C12H11F2N3O4/c1-16-5-4-7(12(16)19)15-11(18)9-6(13)2-3-8(10(9)14)17(20)21/h2-3,7H,4-5H2,1H3,(H,15,18). The van der Waals surface area contributed by atoms with Gasteiger partial charge in [0.25, 0.3) is 5.91 Å². The van der Waals surface area contributed by atoms with E-state index in [1.807, 2.05) is 0 Å². The molecule has 1 heterocycles. The molecule has 1 aliphatic rings. The number of likely N-dealkylation sites (N-methyl/N-ethyl adjacent to an activating group) is 1. The van der Waals surface area contributed by atoms with Gasteiger partial charge in [0.1, 0.15) is 17.4 Å². The van der Waals surface area contributed by atoms with E-state index in [2.05, 4.69) is 5.32 Å². The van der Waals surface area contributed by atoms with E-state index in [0.29, 0.717) is 25.1 Å². The van der Waals surface area contributed by atoms with Crippen molar-refractivity contribution in [1.29, 1.82) is 0 Å². The Morgan fingerprint density at radius 2 is 2.14 bits per heavy atom. The zero-order valence-corrected chi connectivity index (χ0v) is 10.9. The zero-order chi connectivity index (χ0) is 15.7. The van der Waals surface area contributed by atoms with Crippen molar-refractivity contribution in [3.63, 3.8) is 0 Å². The number of hydrogen-bond donors (Lipinski definition) is 1. The van der Waals surface area contributed by atoms with Crippen LogP contribution >= 0.6 is 0 Å². The average Bonchev–Trinajstić information content (AvgIpc) is 2.70. The largest absolute Gasteiger partial charge is 0.344 e. The second kappa shape index (κ2) is 5.43. The van der Waals surface area contributed by atoms with Crippen LogP contribution in [0, 0.1) is 21.7 Å². The molecule has 21 heavy (non-hydrogen) atoms. The van der Waals surface area contributed by atoms with Gasteiger partial charge in [0.15, 0.2) is 0 Å². The number of nitrogens with one attached hydrogen (secondary N) is 1. The molecule has 2 amide bonds. The third kappa shape index (κ3) is 2.67. The monoisotopic (exact) mass is 299 g/mol. The van der Waals surface area contributed by atoms with Crippen molar-refractivity contribution in [2.24, 2.45) is 0 Å². The number of carbonyl (C=O) groups is 2. The van der Waals surface area contributed by atoms with Crippen LogP contribution in [0.2, 0.25) is 0 Å². The lowest BCUT2D eigenvalue weighted by atomic mass is 10.1. The summed E-state index contributed by atoms with van der Waals surface area (Å²) in [7, 11) is 1.53. The Balaban J connectivity index is 2.29. The van der Waals surface area contributed by atoms with Gasteiger partial charge in [0.2, 0.25) is 11.7 Å². The van der Waals surface area contributed by atoms with Crippen LogP contribution in [-0.2, 0) is 4.79 Å². The fourth-order valence-electron chi connectivity index (χ4n) is 2.08. The molecule has 7 nitrogen and oxygen atoms in total. The molecule has 1 saturated heterocycles. The minimum Gasteiger partial charge on any atom is -0.344 e. The Morgan fingerprint density at radius 3 is 2.67 bits per heavy atom. The first kappa shape index (κ1) is 14.8. The first-order chi connectivity index (χ1) is 9.82. The highest BCUT2D eigenvalue weighted by Gasteiger charge is 2.33. The second-order valence-electron chi connectivity index (χ2n) is 4.59. The molecule has 1 atom stereocenters. The van der Waals surface area contributed by atoms with E-state index in [0.717, 1.165) is 0 Å². The highest BCUT2D eigenvalue weighted by molar-refractivity contribution is 5.98. The van der Waals surface area contributed by atoms with Gasteiger partial charge in [-0.2, -0.15) is 4.39 Å². The molecule has 0 aromatic heterocycles. The molecule has 0 bridgehead atoms. The molecule has 1 fully saturated rings. The van der Waals surface area contributed by atoms with Gasteiger partial charge in [-0.05, 0) is 12.5 Å². The summed E-state index contributed by atoms with van der Waals surface area (Å²) in [5.74, 6) is -4.36. The van der Waals surface area contributed by atoms with E-state index in [1.54, 1.807) is 0 Å². The number of amides is 2. The summed E-state index contributed by atoms with van der Waals surface area (Å²) in [6.45, 7) is 0.406. The van der Waals surface area contributed by atoms with Crippen LogP contribution < -0.4 is 5.32 Å². The topological polar surface area (TPSA) is 92.6 Å². The van der Waals surface area contributed by atoms with Crippen molar-refractivity contribution in [3.8, 4) is 0 Å². The Morgan fingerprint density at radius 1 is 1.48 bits per heavy atom. The third-order valence-corrected chi connectivity index (χ3v) is 3.23. The number of nitro benzene ring substituents is 1. The Hall–Kier alpha value is -2.58. The second-order valence-corrected chi connectivity index (χ2v) is 4.59. The number of nitrogens with zero attached hydrogens (tertiary/aromatic N) is 2. The van der Waals surface area contributed by atoms with Crippen LogP contribution in [0.15, 0.2) is 12.1 Å². The molecule has 0 spiro atoms. The van der Waals surface area contributed by atoms with Gasteiger partial charge in [-0.3, -0.25) is 19.7 Å². The summed E-state index contributed by atoms with van der Waals surface area (Å²) in [4.78, 5) is 34.4. The van der Waals surface area contributed by atoms with E-state index >= 15 is 0 Å². The molecule has 1 aliphatic heterocycles. The smallest absolute Gasteiger partial charge is 0.305 e. The highest BCUT2D eigenvalue weighted by Crippen LogP contribution is 2.23. The summed E-state index contributed by atoms with van der Waals surface area (Å²) >= 11 is 0. The summed E-state index contributed by atoms with van der Waals surface area (Å²) < 4.78 is 27.4. The SMILES string of the molecule is CN1CCC(NC(=O)c2c(F)ccc([N+](=O)[O-])c2F)C1=O. The lowest BCUT2D eigenvalue weighted by Gasteiger charge is -2.13. The zero-order valence-electron chi connectivity index (χ0n) is 10.9. The summed E-state index contributed by atoms with van der Waals surface area (Å²) in [5.41, 5.74) is -2.07. The number of rotatable bonds is 3. The molecule has 9 heteroatoms. The molecule has 112 valence electrons. The Bertz CT molecular complexity index is 635. The van der Waals surface area contributed by atoms with Crippen LogP contribution in [0.1, 0.15) is 16.8 Å². The number of halogens is 2. The van der Waals surface area contributed by atoms with Crippen LogP contribution in [0.5, 0.6) is 0 Å². The number of likely N-dealkylation sites (tertiary alicyclic amines) is 1. The van der Waals surface area contributed by atoms with Crippen molar-refractivity contribution in [1.82, 2.24) is 10.2 Å². The molecular weight excluding hydrogens is 288 g/mol. The lowest BCUT2D eigenvalue weighted by Crippen LogP contribution is -2.41. The summed E-state index contributed by atoms with van der Waals surface area (Å²) in [5, 5.41) is 12.8. The Labute approximate surface area is 117 Å². The molecule has 1 aromatic carbocycles. The molecular formula is C12H11F2N3O4. The van der Waals surface area contributed by atoms with Crippen molar-refractivity contribution in [3.05, 3.63) is 39.4 Å². The Kier molecular flexibility index (Phi) is 3.83. The molecule has 1 unspecified atom stereocenters. The van der Waals surface area contributed by atoms with Crippen LogP contribution in [0.3, 0.4) is 0 Å². The highest BCUT2D eigenvalue weighted by atomic mass is 19.1. The predicted octanol–water partition coefficient (Wildman–Crippen LogP) is 0.833. The summed E-state index contributed by atoms with van der Waals surface area (Å²) in [6.07, 6.45) is 0.305. The normalized spacial score (nSPS) is 18.0. The van der Waals surface area contributed by atoms with Gasteiger partial charge >= 0.3 is 5.69 Å². The predicted molar refractivity (Wildman–Crippen MR) is 66.5 cm³/mol. The molecule has 0 aliphatic carbocycles. The van der Waals surface area contributed by atoms with Gasteiger partial charge in [0, 0.05) is 19.7 Å². The van der Waals surface area contributed by atoms with Gasteiger partial charge in [0.05, 0.1) is 4.92 Å². The number of hydrogen-bond acceptors (Lipinski definition) is 4. The maximum Gasteiger partial charge on any atom is 0.305 e. The van der Waals surface area contributed by atoms with Crippen molar-refractivity contribution in [2.75, 3.05) is 13.6 Å². The van der Waals surface area contributed by atoms with Crippen molar-refractivity contribution < 1.29 is 23.3 Å². The van der Waals surface area contributed by atoms with Crippen molar-refractivity contribution >= 4 is 17.5 Å². The molecule has 2 rings (SSSR count). The minimum atomic E-state index is -1.56. The first-order valence-electron chi connectivity index (χ1n) is 6.01. The molecule has 1 N–H and O–H groups in total. The quantitative estimate of drug-likeness (QED) is 0.661. The van der Waals surface area contributed by atoms with Gasteiger partial charge in [-0.25, -0.2) is 4.39 Å². The average molecular weight is 299 g/mol. The fourth-order valence-corrected chi connectivity index (χ4v) is 2.08. The van der Waals surface area contributed by atoms with E-state index in [-0.39, 0.29) is 5.91 Å². The fraction of sp³-hybridized carbons (Fsp3) is 0.333. The van der Waals surface area contributed by atoms with Gasteiger partial charge in [-0.1, -0.05) is 0 Å². The first-order valence-corrected chi connectivity index (χ1v) is 6.01. The minimum absolute atomic E-state index is 0.305. The van der Waals surface area contributed by atoms with Gasteiger partial charge in [-0.15, -0.1) is 0 Å². The van der Waals surface area contributed by atoms with Crippen LogP contribution in [0.4, 0.5) is 14.5 Å².